The van der Waals surface area contributed by atoms with Gasteiger partial charge in [-0.2, -0.15) is 0 Å². The van der Waals surface area contributed by atoms with E-state index in [0.29, 0.717) is 13.2 Å². The van der Waals surface area contributed by atoms with Crippen LogP contribution in [0, 0.1) is 0 Å². The summed E-state index contributed by atoms with van der Waals surface area (Å²) in [5.41, 5.74) is 1.10. The highest BCUT2D eigenvalue weighted by molar-refractivity contribution is 6.31. The zero-order chi connectivity index (χ0) is 13.2. The van der Waals surface area contributed by atoms with Crippen LogP contribution in [-0.4, -0.2) is 25.0 Å². The number of ether oxygens (including phenoxy) is 2. The van der Waals surface area contributed by atoms with Crippen molar-refractivity contribution >= 4 is 11.6 Å². The Morgan fingerprint density at radius 2 is 1.89 bits per heavy atom. The van der Waals surface area contributed by atoms with Gasteiger partial charge in [-0.15, -0.1) is 0 Å². The second-order valence-electron chi connectivity index (χ2n) is 5.13. The monoisotopic (exact) mass is 269 g/mol. The maximum absolute atomic E-state index is 6.18. The van der Waals surface area contributed by atoms with Crippen LogP contribution in [0.25, 0.3) is 0 Å². The number of hydrogen-bond donors (Lipinski definition) is 1. The molecule has 0 aliphatic carbocycles. The first kappa shape index (κ1) is 13.8. The minimum atomic E-state index is -0.466. The Morgan fingerprint density at radius 3 is 2.50 bits per heavy atom. The Hall–Kier alpha value is -0.610. The van der Waals surface area contributed by atoms with Gasteiger partial charge in [-0.25, -0.2) is 0 Å². The molecule has 0 radical (unpaired) electrons. The summed E-state index contributed by atoms with van der Waals surface area (Å²) in [6.07, 6.45) is 0. The molecule has 1 N–H and O–H groups in total. The van der Waals surface area contributed by atoms with Crippen molar-refractivity contribution in [3.8, 4) is 0 Å². The summed E-state index contributed by atoms with van der Waals surface area (Å²) < 4.78 is 11.3. The van der Waals surface area contributed by atoms with Gasteiger partial charge >= 0.3 is 0 Å². The van der Waals surface area contributed by atoms with Crippen LogP contribution in [0.4, 0.5) is 0 Å². The average Bonchev–Trinajstić information content (AvgIpc) is 2.32. The number of nitrogens with one attached hydrogen (secondary N) is 1. The molecule has 2 rings (SSSR count). The number of rotatable bonds is 3. The molecule has 0 spiro atoms. The van der Waals surface area contributed by atoms with Crippen LogP contribution in [0.5, 0.6) is 0 Å². The van der Waals surface area contributed by atoms with Crippen LogP contribution < -0.4 is 5.32 Å². The third kappa shape index (κ3) is 3.45. The van der Waals surface area contributed by atoms with Gasteiger partial charge in [-0.1, -0.05) is 29.8 Å². The molecule has 1 atom stereocenters. The summed E-state index contributed by atoms with van der Waals surface area (Å²) in [4.78, 5) is 0. The van der Waals surface area contributed by atoms with E-state index in [1.54, 1.807) is 0 Å². The van der Waals surface area contributed by atoms with Gasteiger partial charge in [0.1, 0.15) is 0 Å². The molecule has 0 bridgehead atoms. The van der Waals surface area contributed by atoms with Gasteiger partial charge in [0.25, 0.3) is 0 Å². The van der Waals surface area contributed by atoms with Crippen LogP contribution >= 0.6 is 11.6 Å². The Morgan fingerprint density at radius 1 is 1.28 bits per heavy atom. The Kier molecular flexibility index (Phi) is 4.28. The predicted molar refractivity (Wildman–Crippen MR) is 72.8 cm³/mol. The van der Waals surface area contributed by atoms with Crippen molar-refractivity contribution in [3.63, 3.8) is 0 Å². The highest BCUT2D eigenvalue weighted by Gasteiger charge is 2.29. The van der Waals surface area contributed by atoms with E-state index < -0.39 is 5.79 Å². The highest BCUT2D eigenvalue weighted by Crippen LogP contribution is 2.24. The Bertz CT molecular complexity index is 399. The number of benzene rings is 1. The molecule has 0 amide bonds. The van der Waals surface area contributed by atoms with Crippen molar-refractivity contribution in [2.45, 2.75) is 38.6 Å². The Balaban J connectivity index is 1.93. The average molecular weight is 270 g/mol. The van der Waals surface area contributed by atoms with Gasteiger partial charge in [0.2, 0.25) is 0 Å². The molecule has 0 aromatic heterocycles. The normalized spacial score (nSPS) is 21.8. The van der Waals surface area contributed by atoms with Crippen molar-refractivity contribution in [2.75, 3.05) is 13.2 Å². The standard InChI is InChI=1S/C14H20ClNO2/c1-10(12-6-4-5-7-13(12)15)16-11-8-17-14(2,3)18-9-11/h4-7,10-11,16H,8-9H2,1-3H3. The summed E-state index contributed by atoms with van der Waals surface area (Å²) in [5, 5.41) is 4.27. The van der Waals surface area contributed by atoms with Gasteiger partial charge in [0, 0.05) is 11.1 Å². The molecule has 1 heterocycles. The lowest BCUT2D eigenvalue weighted by molar-refractivity contribution is -0.253. The zero-order valence-electron chi connectivity index (χ0n) is 11.1. The van der Waals surface area contributed by atoms with E-state index in [4.69, 9.17) is 21.1 Å². The second kappa shape index (κ2) is 5.57. The van der Waals surface area contributed by atoms with Crippen molar-refractivity contribution in [1.82, 2.24) is 5.32 Å². The molecule has 1 aromatic rings. The minimum Gasteiger partial charge on any atom is -0.349 e. The van der Waals surface area contributed by atoms with E-state index in [1.165, 1.54) is 0 Å². The van der Waals surface area contributed by atoms with E-state index in [-0.39, 0.29) is 12.1 Å². The molecule has 18 heavy (non-hydrogen) atoms. The van der Waals surface area contributed by atoms with Gasteiger partial charge in [-0.05, 0) is 32.4 Å². The smallest absolute Gasteiger partial charge is 0.162 e. The third-order valence-corrected chi connectivity index (χ3v) is 3.47. The van der Waals surface area contributed by atoms with E-state index in [1.807, 2.05) is 38.1 Å². The van der Waals surface area contributed by atoms with E-state index in [0.717, 1.165) is 10.6 Å². The van der Waals surface area contributed by atoms with Crippen molar-refractivity contribution in [1.29, 1.82) is 0 Å². The van der Waals surface area contributed by atoms with Gasteiger partial charge < -0.3 is 14.8 Å². The van der Waals surface area contributed by atoms with E-state index in [2.05, 4.69) is 12.2 Å². The van der Waals surface area contributed by atoms with E-state index in [9.17, 15) is 0 Å². The molecule has 0 saturated carbocycles. The fourth-order valence-electron chi connectivity index (χ4n) is 2.06. The summed E-state index contributed by atoms with van der Waals surface area (Å²) in [5.74, 6) is -0.466. The molecular weight excluding hydrogens is 250 g/mol. The van der Waals surface area contributed by atoms with Crippen LogP contribution in [0.3, 0.4) is 0 Å². The van der Waals surface area contributed by atoms with Crippen LogP contribution in [0.1, 0.15) is 32.4 Å². The second-order valence-corrected chi connectivity index (χ2v) is 5.54. The maximum atomic E-state index is 6.18. The Labute approximate surface area is 113 Å². The molecular formula is C14H20ClNO2. The lowest BCUT2D eigenvalue weighted by Crippen LogP contribution is -2.49. The first-order valence-electron chi connectivity index (χ1n) is 6.26. The minimum absolute atomic E-state index is 0.178. The topological polar surface area (TPSA) is 30.5 Å². The third-order valence-electron chi connectivity index (χ3n) is 3.12. The van der Waals surface area contributed by atoms with Crippen LogP contribution in [-0.2, 0) is 9.47 Å². The van der Waals surface area contributed by atoms with Gasteiger partial charge in [-0.3, -0.25) is 0 Å². The van der Waals surface area contributed by atoms with Crippen molar-refractivity contribution in [2.24, 2.45) is 0 Å². The SMILES string of the molecule is CC(NC1COC(C)(C)OC1)c1ccccc1Cl. The molecule has 1 fully saturated rings. The van der Waals surface area contributed by atoms with Crippen LogP contribution in [0.2, 0.25) is 5.02 Å². The maximum Gasteiger partial charge on any atom is 0.162 e. The summed E-state index contributed by atoms with van der Waals surface area (Å²) in [6.45, 7) is 7.27. The summed E-state index contributed by atoms with van der Waals surface area (Å²) in [6, 6.07) is 8.26. The molecule has 3 nitrogen and oxygen atoms in total. The van der Waals surface area contributed by atoms with Crippen LogP contribution in [0.15, 0.2) is 24.3 Å². The summed E-state index contributed by atoms with van der Waals surface area (Å²) >= 11 is 6.18. The quantitative estimate of drug-likeness (QED) is 0.914. The summed E-state index contributed by atoms with van der Waals surface area (Å²) in [7, 11) is 0. The molecule has 1 aromatic carbocycles. The van der Waals surface area contributed by atoms with E-state index >= 15 is 0 Å². The lowest BCUT2D eigenvalue weighted by Gasteiger charge is -2.36. The molecule has 100 valence electrons. The number of hydrogen-bond acceptors (Lipinski definition) is 3. The molecule has 1 saturated heterocycles. The zero-order valence-corrected chi connectivity index (χ0v) is 11.8. The van der Waals surface area contributed by atoms with Crippen molar-refractivity contribution < 1.29 is 9.47 Å². The lowest BCUT2D eigenvalue weighted by atomic mass is 10.1. The van der Waals surface area contributed by atoms with Gasteiger partial charge in [0.05, 0.1) is 19.3 Å². The molecule has 1 unspecified atom stereocenters. The largest absolute Gasteiger partial charge is 0.349 e. The first-order chi connectivity index (χ1) is 8.48. The number of halogens is 1. The molecule has 4 heteroatoms. The van der Waals surface area contributed by atoms with Crippen molar-refractivity contribution in [3.05, 3.63) is 34.9 Å². The fraction of sp³-hybridized carbons (Fsp3) is 0.571. The predicted octanol–water partition coefficient (Wildman–Crippen LogP) is 3.14. The fourth-order valence-corrected chi connectivity index (χ4v) is 2.36. The molecule has 1 aliphatic heterocycles. The first-order valence-corrected chi connectivity index (χ1v) is 6.64. The molecule has 1 aliphatic rings. The highest BCUT2D eigenvalue weighted by atomic mass is 35.5. The van der Waals surface area contributed by atoms with Gasteiger partial charge in [0.15, 0.2) is 5.79 Å².